The van der Waals surface area contributed by atoms with Crippen LogP contribution in [-0.4, -0.2) is 38.2 Å². The summed E-state index contributed by atoms with van der Waals surface area (Å²) in [6.07, 6.45) is 1.85. The first-order valence-electron chi connectivity index (χ1n) is 8.13. The minimum Gasteiger partial charge on any atom is -0.496 e. The van der Waals surface area contributed by atoms with Crippen molar-refractivity contribution in [2.24, 2.45) is 4.99 Å². The molecule has 138 valence electrons. The van der Waals surface area contributed by atoms with Crippen LogP contribution in [0, 0.1) is 13.8 Å². The summed E-state index contributed by atoms with van der Waals surface area (Å²) in [5.74, 6) is 1.75. The Morgan fingerprint density at radius 3 is 2.44 bits per heavy atom. The summed E-state index contributed by atoms with van der Waals surface area (Å²) in [6.45, 7) is 5.77. The van der Waals surface area contributed by atoms with Gasteiger partial charge in [0.2, 0.25) is 0 Å². The molecular weight excluding hydrogens is 447 g/mol. The average molecular weight is 474 g/mol. The van der Waals surface area contributed by atoms with Crippen LogP contribution in [0.1, 0.15) is 21.1 Å². The molecule has 0 fully saturated rings. The van der Waals surface area contributed by atoms with Crippen molar-refractivity contribution in [3.63, 3.8) is 0 Å². The van der Waals surface area contributed by atoms with Crippen molar-refractivity contribution in [3.8, 4) is 5.75 Å². The third-order valence-electron chi connectivity index (χ3n) is 3.75. The maximum absolute atomic E-state index is 5.38. The van der Waals surface area contributed by atoms with E-state index in [1.807, 2.05) is 25.1 Å². The van der Waals surface area contributed by atoms with Gasteiger partial charge in [0.05, 0.1) is 17.8 Å². The molecule has 25 heavy (non-hydrogen) atoms. The standard InChI is InChI=1S/C18H26N4OS.HI/c1-13-17(24-14(2)22-13)10-12-21-18(19-3)20-11-9-15-7-5-6-8-16(15)23-4;/h5-8H,9-12H2,1-4H3,(H2,19,20,21);1H. The van der Waals surface area contributed by atoms with Gasteiger partial charge in [-0.3, -0.25) is 4.99 Å². The number of para-hydroxylation sites is 1. The number of rotatable bonds is 7. The summed E-state index contributed by atoms with van der Waals surface area (Å²) in [5, 5.41) is 7.83. The molecule has 0 atom stereocenters. The minimum absolute atomic E-state index is 0. The van der Waals surface area contributed by atoms with E-state index in [4.69, 9.17) is 4.74 Å². The highest BCUT2D eigenvalue weighted by Gasteiger charge is 2.06. The second kappa shape index (κ2) is 11.3. The van der Waals surface area contributed by atoms with Gasteiger partial charge in [0.1, 0.15) is 5.75 Å². The number of hydrogen-bond donors (Lipinski definition) is 2. The maximum Gasteiger partial charge on any atom is 0.190 e. The number of halogens is 1. The van der Waals surface area contributed by atoms with Gasteiger partial charge in [0, 0.05) is 31.4 Å². The van der Waals surface area contributed by atoms with Crippen molar-refractivity contribution in [3.05, 3.63) is 45.4 Å². The lowest BCUT2D eigenvalue weighted by molar-refractivity contribution is 0.409. The Hall–Kier alpha value is -1.35. The molecule has 0 bridgehead atoms. The fourth-order valence-corrected chi connectivity index (χ4v) is 3.48. The molecule has 7 heteroatoms. The van der Waals surface area contributed by atoms with Crippen LogP contribution < -0.4 is 15.4 Å². The van der Waals surface area contributed by atoms with Gasteiger partial charge < -0.3 is 15.4 Å². The molecule has 0 saturated heterocycles. The van der Waals surface area contributed by atoms with Gasteiger partial charge in [0.25, 0.3) is 0 Å². The number of guanidine groups is 1. The molecule has 0 radical (unpaired) electrons. The van der Waals surface area contributed by atoms with Crippen molar-refractivity contribution in [2.75, 3.05) is 27.2 Å². The molecular formula is C18H27IN4OS. The lowest BCUT2D eigenvalue weighted by Crippen LogP contribution is -2.39. The van der Waals surface area contributed by atoms with Gasteiger partial charge in [-0.15, -0.1) is 35.3 Å². The quantitative estimate of drug-likeness (QED) is 0.367. The Kier molecular flexibility index (Phi) is 9.81. The number of aryl methyl sites for hydroxylation is 2. The molecule has 1 heterocycles. The predicted octanol–water partition coefficient (Wildman–Crippen LogP) is 3.34. The van der Waals surface area contributed by atoms with Crippen LogP contribution in [0.4, 0.5) is 0 Å². The largest absolute Gasteiger partial charge is 0.496 e. The summed E-state index contributed by atoms with van der Waals surface area (Å²) in [4.78, 5) is 10.1. The Labute approximate surface area is 171 Å². The summed E-state index contributed by atoms with van der Waals surface area (Å²) in [5.41, 5.74) is 2.33. The highest BCUT2D eigenvalue weighted by Crippen LogP contribution is 2.18. The SMILES string of the molecule is CN=C(NCCc1ccccc1OC)NCCc1sc(C)nc1C.I. The van der Waals surface area contributed by atoms with Crippen molar-refractivity contribution in [2.45, 2.75) is 26.7 Å². The van der Waals surface area contributed by atoms with Gasteiger partial charge in [0.15, 0.2) is 5.96 Å². The zero-order chi connectivity index (χ0) is 17.4. The van der Waals surface area contributed by atoms with Crippen LogP contribution in [0.2, 0.25) is 0 Å². The van der Waals surface area contributed by atoms with Crippen LogP contribution in [-0.2, 0) is 12.8 Å². The number of hydrogen-bond acceptors (Lipinski definition) is 4. The zero-order valence-corrected chi connectivity index (χ0v) is 18.4. The van der Waals surface area contributed by atoms with E-state index in [-0.39, 0.29) is 24.0 Å². The van der Waals surface area contributed by atoms with Crippen LogP contribution in [0.5, 0.6) is 5.75 Å². The summed E-state index contributed by atoms with van der Waals surface area (Å²) < 4.78 is 5.38. The van der Waals surface area contributed by atoms with Crippen LogP contribution in [0.25, 0.3) is 0 Å². The van der Waals surface area contributed by atoms with Crippen molar-refractivity contribution < 1.29 is 4.74 Å². The molecule has 0 unspecified atom stereocenters. The predicted molar refractivity (Wildman–Crippen MR) is 117 cm³/mol. The van der Waals surface area contributed by atoms with E-state index in [1.165, 1.54) is 10.4 Å². The van der Waals surface area contributed by atoms with E-state index in [1.54, 1.807) is 25.5 Å². The van der Waals surface area contributed by atoms with Crippen LogP contribution >= 0.6 is 35.3 Å². The van der Waals surface area contributed by atoms with Gasteiger partial charge in [-0.05, 0) is 31.9 Å². The number of benzene rings is 1. The average Bonchev–Trinajstić information content (AvgIpc) is 2.91. The maximum atomic E-state index is 5.38. The van der Waals surface area contributed by atoms with E-state index in [9.17, 15) is 0 Å². The lowest BCUT2D eigenvalue weighted by Gasteiger charge is -2.13. The Morgan fingerprint density at radius 2 is 1.84 bits per heavy atom. The van der Waals surface area contributed by atoms with Gasteiger partial charge >= 0.3 is 0 Å². The third-order valence-corrected chi connectivity index (χ3v) is 4.88. The van der Waals surface area contributed by atoms with Gasteiger partial charge in [-0.2, -0.15) is 0 Å². The van der Waals surface area contributed by atoms with Crippen LogP contribution in [0.3, 0.4) is 0 Å². The monoisotopic (exact) mass is 474 g/mol. The molecule has 5 nitrogen and oxygen atoms in total. The summed E-state index contributed by atoms with van der Waals surface area (Å²) in [7, 11) is 3.50. The minimum atomic E-state index is 0. The number of thiazole rings is 1. The molecule has 0 saturated carbocycles. The van der Waals surface area contributed by atoms with Crippen molar-refractivity contribution in [1.82, 2.24) is 15.6 Å². The number of aliphatic imine (C=N–C) groups is 1. The van der Waals surface area contributed by atoms with E-state index >= 15 is 0 Å². The molecule has 1 aromatic heterocycles. The second-order valence-corrected chi connectivity index (χ2v) is 6.77. The number of ether oxygens (including phenoxy) is 1. The van der Waals surface area contributed by atoms with E-state index in [0.717, 1.165) is 48.3 Å². The fourth-order valence-electron chi connectivity index (χ4n) is 2.55. The van der Waals surface area contributed by atoms with Gasteiger partial charge in [-0.1, -0.05) is 18.2 Å². The molecule has 0 aliphatic rings. The number of aromatic nitrogens is 1. The second-order valence-electron chi connectivity index (χ2n) is 5.48. The molecule has 0 amide bonds. The fraction of sp³-hybridized carbons (Fsp3) is 0.444. The zero-order valence-electron chi connectivity index (χ0n) is 15.3. The highest BCUT2D eigenvalue weighted by atomic mass is 127. The van der Waals surface area contributed by atoms with Crippen molar-refractivity contribution >= 4 is 41.3 Å². The van der Waals surface area contributed by atoms with E-state index in [0.29, 0.717) is 0 Å². The lowest BCUT2D eigenvalue weighted by atomic mass is 10.1. The van der Waals surface area contributed by atoms with E-state index < -0.39 is 0 Å². The Bertz CT molecular complexity index is 687. The number of methoxy groups -OCH3 is 1. The first-order valence-corrected chi connectivity index (χ1v) is 8.95. The van der Waals surface area contributed by atoms with E-state index in [2.05, 4.69) is 33.6 Å². The highest BCUT2D eigenvalue weighted by molar-refractivity contribution is 14.0. The summed E-state index contributed by atoms with van der Waals surface area (Å²) in [6, 6.07) is 8.09. The summed E-state index contributed by atoms with van der Waals surface area (Å²) >= 11 is 1.77. The smallest absolute Gasteiger partial charge is 0.190 e. The first-order chi connectivity index (χ1) is 11.6. The Balaban J connectivity index is 0.00000312. The number of nitrogens with one attached hydrogen (secondary N) is 2. The number of nitrogens with zero attached hydrogens (tertiary/aromatic N) is 2. The molecule has 1 aromatic carbocycles. The van der Waals surface area contributed by atoms with Crippen molar-refractivity contribution in [1.29, 1.82) is 0 Å². The molecule has 2 rings (SSSR count). The molecule has 0 spiro atoms. The molecule has 0 aliphatic carbocycles. The molecule has 2 N–H and O–H groups in total. The Morgan fingerprint density at radius 1 is 1.16 bits per heavy atom. The topological polar surface area (TPSA) is 58.5 Å². The molecule has 0 aliphatic heterocycles. The van der Waals surface area contributed by atoms with Gasteiger partial charge in [-0.25, -0.2) is 4.98 Å². The molecule has 2 aromatic rings. The van der Waals surface area contributed by atoms with Crippen LogP contribution in [0.15, 0.2) is 29.3 Å². The first kappa shape index (κ1) is 21.7. The normalized spacial score (nSPS) is 11.0. The third kappa shape index (κ3) is 6.81.